The molecule has 0 bridgehead atoms. The highest BCUT2D eigenvalue weighted by atomic mass is 16.4. The number of amides is 3. The van der Waals surface area contributed by atoms with Crippen molar-refractivity contribution >= 4 is 17.9 Å². The van der Waals surface area contributed by atoms with Gasteiger partial charge in [0.15, 0.2) is 0 Å². The van der Waals surface area contributed by atoms with Gasteiger partial charge in [0, 0.05) is 25.9 Å². The van der Waals surface area contributed by atoms with Crippen molar-refractivity contribution in [2.45, 2.75) is 38.6 Å². The molecule has 1 fully saturated rings. The van der Waals surface area contributed by atoms with E-state index in [0.29, 0.717) is 0 Å². The fourth-order valence-electron chi connectivity index (χ4n) is 1.57. The van der Waals surface area contributed by atoms with Gasteiger partial charge in [-0.05, 0) is 18.8 Å². The molecule has 1 aliphatic rings. The molecule has 0 aliphatic heterocycles. The molecule has 3 amide bonds. The summed E-state index contributed by atoms with van der Waals surface area (Å²) < 4.78 is 0. The first-order valence-corrected chi connectivity index (χ1v) is 5.68. The molecule has 0 radical (unpaired) electrons. The Balaban J connectivity index is 2.28. The number of carboxylic acid groups (broad SMARTS) is 1. The average molecular weight is 242 g/mol. The lowest BCUT2D eigenvalue weighted by atomic mass is 10.0. The Labute approximate surface area is 100.0 Å². The number of carboxylic acids is 1. The zero-order valence-electron chi connectivity index (χ0n) is 10.1. The Morgan fingerprint density at radius 3 is 2.41 bits per heavy atom. The summed E-state index contributed by atoms with van der Waals surface area (Å²) in [5.74, 6) is -1.63. The van der Waals surface area contributed by atoms with Crippen LogP contribution in [-0.2, 0) is 9.59 Å². The van der Waals surface area contributed by atoms with Gasteiger partial charge in [0.05, 0.1) is 0 Å². The Bertz CT molecular complexity index is 325. The van der Waals surface area contributed by atoms with Gasteiger partial charge < -0.3 is 10.0 Å². The molecule has 1 rings (SSSR count). The van der Waals surface area contributed by atoms with Crippen LogP contribution in [0.2, 0.25) is 0 Å². The van der Waals surface area contributed by atoms with Gasteiger partial charge in [0.1, 0.15) is 0 Å². The van der Waals surface area contributed by atoms with E-state index in [4.69, 9.17) is 5.11 Å². The largest absolute Gasteiger partial charge is 0.481 e. The number of aliphatic carboxylic acids is 1. The molecular weight excluding hydrogens is 224 g/mol. The number of carbonyl (C=O) groups excluding carboxylic acids is 2. The number of hydrogen-bond acceptors (Lipinski definition) is 3. The third-order valence-corrected chi connectivity index (χ3v) is 2.72. The van der Waals surface area contributed by atoms with Crippen LogP contribution in [0.4, 0.5) is 4.79 Å². The normalized spacial score (nSPS) is 16.1. The van der Waals surface area contributed by atoms with Crippen LogP contribution in [0.3, 0.4) is 0 Å². The molecule has 6 nitrogen and oxygen atoms in total. The molecule has 0 heterocycles. The first kappa shape index (κ1) is 13.5. The highest BCUT2D eigenvalue weighted by Gasteiger charge is 2.30. The molecule has 1 saturated carbocycles. The predicted molar refractivity (Wildman–Crippen MR) is 60.4 cm³/mol. The van der Waals surface area contributed by atoms with Crippen LogP contribution < -0.4 is 5.32 Å². The van der Waals surface area contributed by atoms with E-state index >= 15 is 0 Å². The number of nitrogens with zero attached hydrogens (tertiary/aromatic N) is 1. The molecule has 1 atom stereocenters. The van der Waals surface area contributed by atoms with Crippen LogP contribution in [0.15, 0.2) is 0 Å². The summed E-state index contributed by atoms with van der Waals surface area (Å²) >= 11 is 0. The van der Waals surface area contributed by atoms with E-state index < -0.39 is 17.9 Å². The molecule has 0 saturated heterocycles. The van der Waals surface area contributed by atoms with Crippen molar-refractivity contribution in [3.63, 3.8) is 0 Å². The number of rotatable bonds is 5. The Kier molecular flexibility index (Phi) is 4.48. The van der Waals surface area contributed by atoms with Crippen LogP contribution in [0.1, 0.15) is 32.6 Å². The van der Waals surface area contributed by atoms with Crippen molar-refractivity contribution in [1.82, 2.24) is 10.2 Å². The van der Waals surface area contributed by atoms with Crippen molar-refractivity contribution in [1.29, 1.82) is 0 Å². The van der Waals surface area contributed by atoms with E-state index in [1.54, 1.807) is 14.0 Å². The van der Waals surface area contributed by atoms with Crippen molar-refractivity contribution in [2.24, 2.45) is 5.92 Å². The van der Waals surface area contributed by atoms with Gasteiger partial charge in [-0.1, -0.05) is 6.92 Å². The van der Waals surface area contributed by atoms with E-state index in [2.05, 4.69) is 5.32 Å². The first-order chi connectivity index (χ1) is 7.90. The molecule has 1 unspecified atom stereocenters. The van der Waals surface area contributed by atoms with Crippen LogP contribution in [0.5, 0.6) is 0 Å². The second-order valence-corrected chi connectivity index (χ2v) is 4.60. The summed E-state index contributed by atoms with van der Waals surface area (Å²) in [4.78, 5) is 34.9. The van der Waals surface area contributed by atoms with Gasteiger partial charge in [-0.2, -0.15) is 0 Å². The lowest BCUT2D eigenvalue weighted by Crippen LogP contribution is -2.42. The molecule has 0 spiro atoms. The van der Waals surface area contributed by atoms with E-state index in [1.165, 1.54) is 4.90 Å². The molecule has 1 aliphatic carbocycles. The first-order valence-electron chi connectivity index (χ1n) is 5.68. The smallest absolute Gasteiger partial charge is 0.324 e. The summed E-state index contributed by atoms with van der Waals surface area (Å²) in [5.41, 5.74) is 0. The molecular formula is C11H18N2O4. The van der Waals surface area contributed by atoms with Gasteiger partial charge in [-0.3, -0.25) is 14.9 Å². The zero-order valence-corrected chi connectivity index (χ0v) is 10.1. The van der Waals surface area contributed by atoms with Crippen LogP contribution in [-0.4, -0.2) is 41.0 Å². The van der Waals surface area contributed by atoms with Crippen molar-refractivity contribution in [3.8, 4) is 0 Å². The molecule has 0 aromatic heterocycles. The Morgan fingerprint density at radius 1 is 1.35 bits per heavy atom. The number of carbonyl (C=O) groups is 3. The topological polar surface area (TPSA) is 86.7 Å². The number of hydrogen-bond donors (Lipinski definition) is 2. The molecule has 17 heavy (non-hydrogen) atoms. The lowest BCUT2D eigenvalue weighted by molar-refractivity contribution is -0.138. The SMILES string of the molecule is CC(CC(=O)O)CC(=O)NC(=O)N(C)C1CC1. The fraction of sp³-hybridized carbons (Fsp3) is 0.727. The summed E-state index contributed by atoms with van der Waals surface area (Å²) in [6.07, 6.45) is 1.94. The van der Waals surface area contributed by atoms with Crippen LogP contribution in [0.25, 0.3) is 0 Å². The zero-order chi connectivity index (χ0) is 13.0. The van der Waals surface area contributed by atoms with Crippen LogP contribution >= 0.6 is 0 Å². The van der Waals surface area contributed by atoms with Crippen molar-refractivity contribution in [2.75, 3.05) is 7.05 Å². The van der Waals surface area contributed by atoms with Gasteiger partial charge in [-0.15, -0.1) is 0 Å². The lowest BCUT2D eigenvalue weighted by Gasteiger charge is -2.17. The third-order valence-electron chi connectivity index (χ3n) is 2.72. The van der Waals surface area contributed by atoms with Crippen molar-refractivity contribution < 1.29 is 19.5 Å². The molecule has 6 heteroatoms. The van der Waals surface area contributed by atoms with E-state index in [1.807, 2.05) is 0 Å². The standard InChI is InChI=1S/C11H18N2O4/c1-7(6-10(15)16)5-9(14)12-11(17)13(2)8-3-4-8/h7-8H,3-6H2,1-2H3,(H,15,16)(H,12,14,17). The number of nitrogens with one attached hydrogen (secondary N) is 1. The molecule has 0 aromatic carbocycles. The number of urea groups is 1. The van der Waals surface area contributed by atoms with E-state index in [9.17, 15) is 14.4 Å². The molecule has 2 N–H and O–H groups in total. The van der Waals surface area contributed by atoms with Gasteiger partial charge in [-0.25, -0.2) is 4.79 Å². The predicted octanol–water partition coefficient (Wildman–Crippen LogP) is 0.818. The second kappa shape index (κ2) is 5.65. The second-order valence-electron chi connectivity index (χ2n) is 4.60. The quantitative estimate of drug-likeness (QED) is 0.747. The van der Waals surface area contributed by atoms with Crippen molar-refractivity contribution in [3.05, 3.63) is 0 Å². The maximum atomic E-state index is 11.5. The van der Waals surface area contributed by atoms with Gasteiger partial charge >= 0.3 is 12.0 Å². The highest BCUT2D eigenvalue weighted by molar-refractivity contribution is 5.94. The summed E-state index contributed by atoms with van der Waals surface area (Å²) in [7, 11) is 1.65. The summed E-state index contributed by atoms with van der Waals surface area (Å²) in [5, 5.41) is 10.8. The summed E-state index contributed by atoms with van der Waals surface area (Å²) in [6.45, 7) is 1.67. The van der Waals surface area contributed by atoms with E-state index in [-0.39, 0.29) is 24.8 Å². The van der Waals surface area contributed by atoms with E-state index in [0.717, 1.165) is 12.8 Å². The minimum Gasteiger partial charge on any atom is -0.481 e. The number of imide groups is 1. The van der Waals surface area contributed by atoms with Gasteiger partial charge in [0.25, 0.3) is 0 Å². The minimum atomic E-state index is -0.938. The van der Waals surface area contributed by atoms with Crippen LogP contribution in [0, 0.1) is 5.92 Å². The summed E-state index contributed by atoms with van der Waals surface area (Å²) in [6, 6.07) is -0.153. The maximum Gasteiger partial charge on any atom is 0.324 e. The average Bonchev–Trinajstić information content (AvgIpc) is 2.97. The molecule has 96 valence electrons. The van der Waals surface area contributed by atoms with Gasteiger partial charge in [0.2, 0.25) is 5.91 Å². The molecule has 0 aromatic rings. The Morgan fingerprint density at radius 2 is 1.94 bits per heavy atom. The fourth-order valence-corrected chi connectivity index (χ4v) is 1.57. The maximum absolute atomic E-state index is 11.5. The Hall–Kier alpha value is -1.59. The highest BCUT2D eigenvalue weighted by Crippen LogP contribution is 2.25. The monoisotopic (exact) mass is 242 g/mol. The third kappa shape index (κ3) is 4.84. The minimum absolute atomic E-state index is 0.0521.